The van der Waals surface area contributed by atoms with Gasteiger partial charge in [-0.15, -0.1) is 0 Å². The molecule has 0 unspecified atom stereocenters. The number of imidazole rings is 1. The molecule has 1 N–H and O–H groups in total. The van der Waals surface area contributed by atoms with Crippen LogP contribution in [-0.2, 0) is 11.3 Å². The SMILES string of the molecule is CSc1ncc(C(=O)NCc2cccc(OCCN(C)C3CCOCC3)c2)n1-c1ccc(F)cc1. The number of nitrogens with one attached hydrogen (secondary N) is 1. The van der Waals surface area contributed by atoms with Crippen molar-refractivity contribution in [3.8, 4) is 11.4 Å². The number of carbonyl (C=O) groups excluding carboxylic acids is 1. The molecule has 9 heteroatoms. The van der Waals surface area contributed by atoms with Crippen LogP contribution in [-0.4, -0.2) is 66.1 Å². The average molecular weight is 499 g/mol. The number of thioether (sulfide) groups is 1. The summed E-state index contributed by atoms with van der Waals surface area (Å²) in [6.45, 7) is 3.44. The minimum atomic E-state index is -0.331. The van der Waals surface area contributed by atoms with Crippen molar-refractivity contribution in [1.82, 2.24) is 19.8 Å². The van der Waals surface area contributed by atoms with Crippen LogP contribution in [0.5, 0.6) is 5.75 Å². The van der Waals surface area contributed by atoms with Gasteiger partial charge in [-0.1, -0.05) is 23.9 Å². The highest BCUT2D eigenvalue weighted by Crippen LogP contribution is 2.22. The van der Waals surface area contributed by atoms with Crippen LogP contribution in [0.2, 0.25) is 0 Å². The second-order valence-electron chi connectivity index (χ2n) is 8.44. The fourth-order valence-electron chi connectivity index (χ4n) is 4.11. The van der Waals surface area contributed by atoms with Crippen molar-refractivity contribution in [3.05, 3.63) is 71.8 Å². The smallest absolute Gasteiger partial charge is 0.270 e. The second-order valence-corrected chi connectivity index (χ2v) is 9.22. The molecule has 0 atom stereocenters. The summed E-state index contributed by atoms with van der Waals surface area (Å²) in [5.74, 6) is 0.188. The van der Waals surface area contributed by atoms with Gasteiger partial charge in [0.1, 0.15) is 23.9 Å². The Kier molecular flexibility index (Phi) is 8.79. The van der Waals surface area contributed by atoms with E-state index in [2.05, 4.69) is 22.2 Å². The van der Waals surface area contributed by atoms with Gasteiger partial charge in [-0.3, -0.25) is 14.3 Å². The lowest BCUT2D eigenvalue weighted by Gasteiger charge is -2.31. The molecule has 186 valence electrons. The molecular formula is C26H31FN4O3S. The van der Waals surface area contributed by atoms with Crippen LogP contribution in [0.4, 0.5) is 4.39 Å². The predicted molar refractivity (Wildman–Crippen MR) is 135 cm³/mol. The van der Waals surface area contributed by atoms with E-state index < -0.39 is 0 Å². The zero-order chi connectivity index (χ0) is 24.6. The van der Waals surface area contributed by atoms with Crippen LogP contribution in [0.15, 0.2) is 59.9 Å². The van der Waals surface area contributed by atoms with E-state index in [9.17, 15) is 9.18 Å². The lowest BCUT2D eigenvalue weighted by atomic mass is 10.1. The zero-order valence-electron chi connectivity index (χ0n) is 20.1. The minimum Gasteiger partial charge on any atom is -0.492 e. The number of rotatable bonds is 10. The largest absolute Gasteiger partial charge is 0.492 e. The molecule has 1 aliphatic heterocycles. The molecule has 1 aromatic heterocycles. The summed E-state index contributed by atoms with van der Waals surface area (Å²) in [4.78, 5) is 19.7. The molecule has 0 aliphatic carbocycles. The Balaban J connectivity index is 1.34. The molecular weight excluding hydrogens is 467 g/mol. The Morgan fingerprint density at radius 1 is 1.26 bits per heavy atom. The molecule has 35 heavy (non-hydrogen) atoms. The van der Waals surface area contributed by atoms with Crippen LogP contribution in [0.1, 0.15) is 28.9 Å². The maximum Gasteiger partial charge on any atom is 0.270 e. The molecule has 2 aromatic carbocycles. The Morgan fingerprint density at radius 2 is 2.03 bits per heavy atom. The van der Waals surface area contributed by atoms with Gasteiger partial charge in [0.05, 0.1) is 6.20 Å². The molecule has 1 amide bonds. The predicted octanol–water partition coefficient (Wildman–Crippen LogP) is 4.15. The van der Waals surface area contributed by atoms with Crippen molar-refractivity contribution in [3.63, 3.8) is 0 Å². The van der Waals surface area contributed by atoms with Crippen molar-refractivity contribution < 1.29 is 18.7 Å². The van der Waals surface area contributed by atoms with Gasteiger partial charge in [0.2, 0.25) is 0 Å². The third-order valence-electron chi connectivity index (χ3n) is 6.11. The Morgan fingerprint density at radius 3 is 2.77 bits per heavy atom. The lowest BCUT2D eigenvalue weighted by Crippen LogP contribution is -2.38. The second kappa shape index (κ2) is 12.2. The summed E-state index contributed by atoms with van der Waals surface area (Å²) < 4.78 is 26.5. The normalized spacial score (nSPS) is 14.3. The number of halogens is 1. The third kappa shape index (κ3) is 6.62. The number of aromatic nitrogens is 2. The first kappa shape index (κ1) is 25.2. The van der Waals surface area contributed by atoms with E-state index >= 15 is 0 Å². The zero-order valence-corrected chi connectivity index (χ0v) is 20.9. The Hall–Kier alpha value is -2.88. The standard InChI is InChI=1S/C26H31FN4O3S/c1-30(21-10-13-33-14-11-21)12-15-34-23-5-3-4-19(16-23)17-28-25(32)24-18-29-26(35-2)31(24)22-8-6-20(27)7-9-22/h3-9,16,18,21H,10-15,17H2,1-2H3,(H,28,32). The molecule has 2 heterocycles. The van der Waals surface area contributed by atoms with Crippen LogP contribution in [0.25, 0.3) is 5.69 Å². The molecule has 1 aliphatic rings. The Labute approximate surface area is 209 Å². The molecule has 4 rings (SSSR count). The number of carbonyl (C=O) groups is 1. The summed E-state index contributed by atoms with van der Waals surface area (Å²) in [5, 5.41) is 3.62. The summed E-state index contributed by atoms with van der Waals surface area (Å²) in [6, 6.07) is 14.3. The van der Waals surface area contributed by atoms with Gasteiger partial charge in [-0.25, -0.2) is 9.37 Å². The summed E-state index contributed by atoms with van der Waals surface area (Å²) in [5.41, 5.74) is 2.01. The Bertz CT molecular complexity index is 1120. The first-order valence-corrected chi connectivity index (χ1v) is 12.9. The number of nitrogens with zero attached hydrogens (tertiary/aromatic N) is 3. The highest BCUT2D eigenvalue weighted by molar-refractivity contribution is 7.98. The fraction of sp³-hybridized carbons (Fsp3) is 0.385. The van der Waals surface area contributed by atoms with E-state index in [0.717, 1.165) is 43.9 Å². The van der Waals surface area contributed by atoms with Crippen LogP contribution >= 0.6 is 11.8 Å². The topological polar surface area (TPSA) is 68.6 Å². The van der Waals surface area contributed by atoms with E-state index in [4.69, 9.17) is 9.47 Å². The lowest BCUT2D eigenvalue weighted by molar-refractivity contribution is 0.0392. The van der Waals surface area contributed by atoms with Crippen molar-refractivity contribution in [1.29, 1.82) is 0 Å². The van der Waals surface area contributed by atoms with E-state index in [1.165, 1.54) is 23.9 Å². The number of hydrogen-bond acceptors (Lipinski definition) is 6. The number of hydrogen-bond donors (Lipinski definition) is 1. The van der Waals surface area contributed by atoms with Gasteiger partial charge in [-0.2, -0.15) is 0 Å². The number of ether oxygens (including phenoxy) is 2. The summed E-state index contributed by atoms with van der Waals surface area (Å²) in [6.07, 6.45) is 5.55. The summed E-state index contributed by atoms with van der Waals surface area (Å²) >= 11 is 1.42. The fourth-order valence-corrected chi connectivity index (χ4v) is 4.66. The summed E-state index contributed by atoms with van der Waals surface area (Å²) in [7, 11) is 2.13. The quantitative estimate of drug-likeness (QED) is 0.424. The van der Waals surface area contributed by atoms with Crippen molar-refractivity contribution in [2.24, 2.45) is 0 Å². The van der Waals surface area contributed by atoms with Crippen LogP contribution in [0.3, 0.4) is 0 Å². The van der Waals surface area contributed by atoms with E-state index in [1.807, 2.05) is 30.5 Å². The number of likely N-dealkylation sites (N-methyl/N-ethyl adjacent to an activating group) is 1. The van der Waals surface area contributed by atoms with Gasteiger partial charge in [0.15, 0.2) is 5.16 Å². The highest BCUT2D eigenvalue weighted by Gasteiger charge is 2.19. The monoisotopic (exact) mass is 498 g/mol. The number of benzene rings is 2. The molecule has 7 nitrogen and oxygen atoms in total. The molecule has 0 spiro atoms. The first-order chi connectivity index (χ1) is 17.0. The molecule has 1 saturated heterocycles. The number of amides is 1. The van der Waals surface area contributed by atoms with E-state index in [0.29, 0.717) is 35.7 Å². The van der Waals surface area contributed by atoms with E-state index in [1.54, 1.807) is 22.9 Å². The van der Waals surface area contributed by atoms with Crippen LogP contribution in [0, 0.1) is 5.82 Å². The maximum absolute atomic E-state index is 13.4. The molecule has 0 radical (unpaired) electrons. The van der Waals surface area contributed by atoms with Gasteiger partial charge in [-0.05, 0) is 68.1 Å². The van der Waals surface area contributed by atoms with Gasteiger partial charge in [0, 0.05) is 38.0 Å². The maximum atomic E-state index is 13.4. The first-order valence-electron chi connectivity index (χ1n) is 11.7. The average Bonchev–Trinajstić information content (AvgIpc) is 3.33. The minimum absolute atomic E-state index is 0.258. The van der Waals surface area contributed by atoms with Crippen LogP contribution < -0.4 is 10.1 Å². The van der Waals surface area contributed by atoms with Gasteiger partial charge < -0.3 is 14.8 Å². The third-order valence-corrected chi connectivity index (χ3v) is 6.76. The van der Waals surface area contributed by atoms with Crippen molar-refractivity contribution >= 4 is 17.7 Å². The highest BCUT2D eigenvalue weighted by atomic mass is 32.2. The van der Waals surface area contributed by atoms with Crippen molar-refractivity contribution in [2.45, 2.75) is 30.6 Å². The molecule has 0 saturated carbocycles. The van der Waals surface area contributed by atoms with E-state index in [-0.39, 0.29) is 11.7 Å². The molecule has 3 aromatic rings. The molecule has 0 bridgehead atoms. The van der Waals surface area contributed by atoms with Gasteiger partial charge >= 0.3 is 0 Å². The van der Waals surface area contributed by atoms with Crippen molar-refractivity contribution in [2.75, 3.05) is 39.7 Å². The molecule has 1 fully saturated rings. The van der Waals surface area contributed by atoms with Gasteiger partial charge in [0.25, 0.3) is 5.91 Å².